The van der Waals surface area contributed by atoms with Gasteiger partial charge in [0.1, 0.15) is 0 Å². The molecule has 15 heavy (non-hydrogen) atoms. The molecule has 0 N–H and O–H groups in total. The summed E-state index contributed by atoms with van der Waals surface area (Å²) in [7, 11) is 1.72. The average Bonchev–Trinajstić information content (AvgIpc) is 2.28. The van der Waals surface area contributed by atoms with Crippen molar-refractivity contribution < 1.29 is 4.79 Å². The molecule has 1 aromatic carbocycles. The molecule has 2 rings (SSSR count). The zero-order chi connectivity index (χ0) is 10.8. The lowest BCUT2D eigenvalue weighted by molar-refractivity contribution is -0.107. The van der Waals surface area contributed by atoms with Crippen LogP contribution in [0.2, 0.25) is 0 Å². The Morgan fingerprint density at radius 1 is 1.40 bits per heavy atom. The predicted molar refractivity (Wildman–Crippen MR) is 60.7 cm³/mol. The highest BCUT2D eigenvalue weighted by molar-refractivity contribution is 5.88. The molecule has 0 atom stereocenters. The third-order valence-corrected chi connectivity index (χ3v) is 2.38. The minimum absolute atomic E-state index is 0.778. The maximum Gasteiger partial charge on any atom is 0.213 e. The van der Waals surface area contributed by atoms with Gasteiger partial charge in [-0.2, -0.15) is 0 Å². The number of hydrogen-bond donors (Lipinski definition) is 0. The van der Waals surface area contributed by atoms with Crippen molar-refractivity contribution in [3.8, 4) is 0 Å². The Morgan fingerprint density at radius 3 is 2.93 bits per heavy atom. The smallest absolute Gasteiger partial charge is 0.213 e. The molecule has 2 aromatic rings. The second-order valence-corrected chi connectivity index (χ2v) is 3.39. The summed E-state index contributed by atoms with van der Waals surface area (Å²) < 4.78 is 0. The molecule has 0 aliphatic rings. The first-order chi connectivity index (χ1) is 7.22. The molecule has 0 spiro atoms. The second kappa shape index (κ2) is 3.69. The fraction of sp³-hybridized carbons (Fsp3) is 0.0833. The normalized spacial score (nSPS) is 10.3. The van der Waals surface area contributed by atoms with Gasteiger partial charge in [-0.15, -0.1) is 0 Å². The van der Waals surface area contributed by atoms with E-state index in [0.717, 1.165) is 28.6 Å². The first-order valence-corrected chi connectivity index (χ1v) is 4.61. The molecule has 0 unspecified atom stereocenters. The van der Waals surface area contributed by atoms with E-state index >= 15 is 0 Å². The molecule has 0 aliphatic heterocycles. The lowest BCUT2D eigenvalue weighted by Gasteiger charge is -2.11. The van der Waals surface area contributed by atoms with Gasteiger partial charge in [0, 0.05) is 24.3 Å². The van der Waals surface area contributed by atoms with E-state index in [4.69, 9.17) is 0 Å². The predicted octanol–water partition coefficient (Wildman–Crippen LogP) is 2.01. The average molecular weight is 199 g/mol. The Morgan fingerprint density at radius 2 is 2.20 bits per heavy atom. The Kier molecular flexibility index (Phi) is 2.37. The van der Waals surface area contributed by atoms with Gasteiger partial charge in [0.15, 0.2) is 0 Å². The Bertz CT molecular complexity index is 508. The Hall–Kier alpha value is -1.90. The summed E-state index contributed by atoms with van der Waals surface area (Å²) in [6.45, 7) is 3.93. The van der Waals surface area contributed by atoms with Gasteiger partial charge in [0.25, 0.3) is 0 Å². The molecule has 1 amide bonds. The molecule has 3 nitrogen and oxygen atoms in total. The van der Waals surface area contributed by atoms with Gasteiger partial charge >= 0.3 is 0 Å². The van der Waals surface area contributed by atoms with E-state index < -0.39 is 0 Å². The fourth-order valence-corrected chi connectivity index (χ4v) is 1.47. The topological polar surface area (TPSA) is 33.2 Å². The van der Waals surface area contributed by atoms with Crippen molar-refractivity contribution >= 4 is 23.0 Å². The van der Waals surface area contributed by atoms with Crippen LogP contribution in [0.25, 0.3) is 10.9 Å². The number of carbonyl (C=O) groups is 1. The van der Waals surface area contributed by atoms with Gasteiger partial charge in [-0.25, -0.2) is 0 Å². The quantitative estimate of drug-likeness (QED) is 0.693. The Balaban J connectivity index is 2.64. The van der Waals surface area contributed by atoms with Crippen LogP contribution in [0, 0.1) is 6.92 Å². The van der Waals surface area contributed by atoms with E-state index in [1.807, 2.05) is 24.3 Å². The number of amides is 1. The van der Waals surface area contributed by atoms with Crippen molar-refractivity contribution in [2.75, 3.05) is 11.9 Å². The zero-order valence-electron chi connectivity index (χ0n) is 8.47. The van der Waals surface area contributed by atoms with E-state index in [9.17, 15) is 4.79 Å². The van der Waals surface area contributed by atoms with Crippen molar-refractivity contribution in [3.05, 3.63) is 42.9 Å². The van der Waals surface area contributed by atoms with Crippen LogP contribution in [0.5, 0.6) is 0 Å². The molecule has 75 valence electrons. The van der Waals surface area contributed by atoms with Crippen molar-refractivity contribution in [1.82, 2.24) is 4.98 Å². The molecule has 1 radical (unpaired) electrons. The maximum absolute atomic E-state index is 10.6. The highest BCUT2D eigenvalue weighted by Gasteiger charge is 2.02. The molecular weight excluding hydrogens is 188 g/mol. The minimum atomic E-state index is 0.778. The number of benzene rings is 1. The monoisotopic (exact) mass is 199 g/mol. The van der Waals surface area contributed by atoms with E-state index in [1.165, 1.54) is 4.90 Å². The highest BCUT2D eigenvalue weighted by Crippen LogP contribution is 2.21. The first-order valence-electron chi connectivity index (χ1n) is 4.61. The number of carbonyl (C=O) groups excluding carboxylic acids is 1. The van der Waals surface area contributed by atoms with Crippen LogP contribution in [-0.4, -0.2) is 18.4 Å². The SMILES string of the molecule is [CH2]c1ccnc2ccc(N(C)C=O)cc12. The molecule has 0 saturated heterocycles. The highest BCUT2D eigenvalue weighted by atomic mass is 16.1. The van der Waals surface area contributed by atoms with E-state index in [-0.39, 0.29) is 0 Å². The summed E-state index contributed by atoms with van der Waals surface area (Å²) in [4.78, 5) is 16.4. The van der Waals surface area contributed by atoms with Crippen LogP contribution in [0.3, 0.4) is 0 Å². The number of nitrogens with zero attached hydrogens (tertiary/aromatic N) is 2. The third kappa shape index (κ3) is 1.68. The third-order valence-electron chi connectivity index (χ3n) is 2.38. The number of fused-ring (bicyclic) bond motifs is 1. The van der Waals surface area contributed by atoms with Gasteiger partial charge in [-0.05, 0) is 36.8 Å². The van der Waals surface area contributed by atoms with Crippen LogP contribution in [0.1, 0.15) is 5.56 Å². The Labute approximate surface area is 88.3 Å². The summed E-state index contributed by atoms with van der Waals surface area (Å²) in [5.41, 5.74) is 2.65. The van der Waals surface area contributed by atoms with Crippen molar-refractivity contribution in [2.45, 2.75) is 0 Å². The largest absolute Gasteiger partial charge is 0.318 e. The van der Waals surface area contributed by atoms with Crippen LogP contribution in [0.4, 0.5) is 5.69 Å². The number of pyridine rings is 1. The van der Waals surface area contributed by atoms with Gasteiger partial charge < -0.3 is 4.90 Å². The maximum atomic E-state index is 10.6. The molecule has 0 aliphatic carbocycles. The van der Waals surface area contributed by atoms with Crippen LogP contribution < -0.4 is 4.90 Å². The van der Waals surface area contributed by atoms with Crippen LogP contribution in [-0.2, 0) is 4.79 Å². The molecular formula is C12H11N2O. The fourth-order valence-electron chi connectivity index (χ4n) is 1.47. The second-order valence-electron chi connectivity index (χ2n) is 3.39. The molecule has 3 heteroatoms. The summed E-state index contributed by atoms with van der Waals surface area (Å²) in [5, 5.41) is 0.976. The summed E-state index contributed by atoms with van der Waals surface area (Å²) in [5.74, 6) is 0. The molecule has 0 fully saturated rings. The van der Waals surface area contributed by atoms with Gasteiger partial charge in [-0.1, -0.05) is 0 Å². The number of rotatable bonds is 2. The number of hydrogen-bond acceptors (Lipinski definition) is 2. The van der Waals surface area contributed by atoms with Gasteiger partial charge in [0.05, 0.1) is 5.52 Å². The lowest BCUT2D eigenvalue weighted by Crippen LogP contribution is -2.13. The van der Waals surface area contributed by atoms with Crippen molar-refractivity contribution in [1.29, 1.82) is 0 Å². The molecule has 1 aromatic heterocycles. The van der Waals surface area contributed by atoms with Crippen LogP contribution in [0.15, 0.2) is 30.5 Å². The lowest BCUT2D eigenvalue weighted by atomic mass is 10.1. The first kappa shape index (κ1) is 9.65. The minimum Gasteiger partial charge on any atom is -0.318 e. The summed E-state index contributed by atoms with van der Waals surface area (Å²) in [6, 6.07) is 7.52. The molecule has 1 heterocycles. The van der Waals surface area contributed by atoms with Crippen molar-refractivity contribution in [3.63, 3.8) is 0 Å². The van der Waals surface area contributed by atoms with E-state index in [1.54, 1.807) is 13.2 Å². The summed E-state index contributed by atoms with van der Waals surface area (Å²) in [6.07, 6.45) is 2.51. The van der Waals surface area contributed by atoms with Crippen molar-refractivity contribution in [2.24, 2.45) is 0 Å². The molecule has 0 bridgehead atoms. The van der Waals surface area contributed by atoms with Crippen LogP contribution >= 0.6 is 0 Å². The zero-order valence-corrected chi connectivity index (χ0v) is 8.47. The number of anilines is 1. The van der Waals surface area contributed by atoms with E-state index in [2.05, 4.69) is 11.9 Å². The van der Waals surface area contributed by atoms with E-state index in [0.29, 0.717) is 0 Å². The standard InChI is InChI=1S/C12H11N2O/c1-9-5-6-13-12-4-3-10(7-11(9)12)14(2)8-15/h3-8H,1H2,2H3. The molecule has 0 saturated carbocycles. The van der Waals surface area contributed by atoms with Gasteiger partial charge in [-0.3, -0.25) is 9.78 Å². The van der Waals surface area contributed by atoms with Gasteiger partial charge in [0.2, 0.25) is 6.41 Å². The summed E-state index contributed by atoms with van der Waals surface area (Å²) >= 11 is 0. The number of aromatic nitrogens is 1.